The molecule has 2 aromatic carbocycles. The average Bonchev–Trinajstić information content (AvgIpc) is 2.69. The van der Waals surface area contributed by atoms with Gasteiger partial charge in [0.15, 0.2) is 0 Å². The first kappa shape index (κ1) is 21.0. The van der Waals surface area contributed by atoms with Crippen molar-refractivity contribution < 1.29 is 4.74 Å². The van der Waals surface area contributed by atoms with E-state index in [9.17, 15) is 4.79 Å². The van der Waals surface area contributed by atoms with Crippen molar-refractivity contribution in [2.75, 3.05) is 19.0 Å². The number of halogens is 1. The standard InChI is InChI=1S/C22H25BrN4O2/c1-6-14(2)29-21-12-18(26(4)5)9-7-16(21)13-24-27-15(3)25-20-10-8-17(23)11-19(20)22(27)28/h7-14H,6H2,1-5H3/t14-/m1/s1. The fourth-order valence-electron chi connectivity index (χ4n) is 2.83. The van der Waals surface area contributed by atoms with Gasteiger partial charge in [0.1, 0.15) is 11.6 Å². The van der Waals surface area contributed by atoms with E-state index in [1.807, 2.05) is 56.3 Å². The van der Waals surface area contributed by atoms with Crippen molar-refractivity contribution in [3.63, 3.8) is 0 Å². The van der Waals surface area contributed by atoms with Crippen molar-refractivity contribution in [3.8, 4) is 5.75 Å². The molecule has 0 aliphatic rings. The summed E-state index contributed by atoms with van der Waals surface area (Å²) in [5.41, 5.74) is 2.28. The van der Waals surface area contributed by atoms with Crippen LogP contribution in [0.25, 0.3) is 10.9 Å². The maximum absolute atomic E-state index is 12.9. The minimum Gasteiger partial charge on any atom is -0.490 e. The SMILES string of the molecule is CC[C@@H](C)Oc1cc(N(C)C)ccc1C=Nn1c(C)nc2ccc(Br)cc2c1=O. The van der Waals surface area contributed by atoms with Crippen molar-refractivity contribution >= 4 is 38.7 Å². The van der Waals surface area contributed by atoms with Gasteiger partial charge in [0.25, 0.3) is 5.56 Å². The van der Waals surface area contributed by atoms with Gasteiger partial charge < -0.3 is 9.64 Å². The second-order valence-electron chi connectivity index (χ2n) is 7.14. The molecule has 3 aromatic rings. The topological polar surface area (TPSA) is 59.7 Å². The Hall–Kier alpha value is -2.67. The molecule has 0 unspecified atom stereocenters. The van der Waals surface area contributed by atoms with Crippen LogP contribution < -0.4 is 15.2 Å². The minimum absolute atomic E-state index is 0.0729. The van der Waals surface area contributed by atoms with Crippen molar-refractivity contribution in [2.45, 2.75) is 33.3 Å². The highest BCUT2D eigenvalue weighted by atomic mass is 79.9. The van der Waals surface area contributed by atoms with E-state index < -0.39 is 0 Å². The van der Waals surface area contributed by atoms with Gasteiger partial charge in [0, 0.05) is 35.9 Å². The number of fused-ring (bicyclic) bond motifs is 1. The maximum atomic E-state index is 12.9. The van der Waals surface area contributed by atoms with E-state index in [0.29, 0.717) is 16.7 Å². The number of hydrogen-bond acceptors (Lipinski definition) is 5. The second-order valence-corrected chi connectivity index (χ2v) is 8.05. The van der Waals surface area contributed by atoms with Gasteiger partial charge in [-0.15, -0.1) is 0 Å². The van der Waals surface area contributed by atoms with Gasteiger partial charge in [-0.1, -0.05) is 22.9 Å². The molecule has 0 aliphatic heterocycles. The highest BCUT2D eigenvalue weighted by molar-refractivity contribution is 9.10. The molecule has 0 fully saturated rings. The molecule has 0 saturated carbocycles. The summed E-state index contributed by atoms with van der Waals surface area (Å²) in [6.45, 7) is 5.88. The van der Waals surface area contributed by atoms with E-state index in [0.717, 1.165) is 27.9 Å². The van der Waals surface area contributed by atoms with Crippen molar-refractivity contribution in [1.82, 2.24) is 9.66 Å². The maximum Gasteiger partial charge on any atom is 0.282 e. The van der Waals surface area contributed by atoms with Crippen LogP contribution in [0, 0.1) is 6.92 Å². The monoisotopic (exact) mass is 456 g/mol. The van der Waals surface area contributed by atoms with Gasteiger partial charge in [0.2, 0.25) is 0 Å². The van der Waals surface area contributed by atoms with Crippen LogP contribution in [0.1, 0.15) is 31.7 Å². The molecule has 7 heteroatoms. The first-order chi connectivity index (χ1) is 13.8. The lowest BCUT2D eigenvalue weighted by atomic mass is 10.2. The number of aryl methyl sites for hydroxylation is 1. The van der Waals surface area contributed by atoms with Gasteiger partial charge in [-0.05, 0) is 50.6 Å². The molecular formula is C22H25BrN4O2. The zero-order chi connectivity index (χ0) is 21.1. The van der Waals surface area contributed by atoms with E-state index in [1.165, 1.54) is 4.68 Å². The first-order valence-electron chi connectivity index (χ1n) is 9.51. The first-order valence-corrected chi connectivity index (χ1v) is 10.3. The predicted octanol–water partition coefficient (Wildman–Crippen LogP) is 4.59. The normalized spacial score (nSPS) is 12.5. The van der Waals surface area contributed by atoms with Crippen LogP contribution in [0.15, 0.2) is 50.8 Å². The Labute approximate surface area is 179 Å². The van der Waals surface area contributed by atoms with E-state index >= 15 is 0 Å². The number of nitrogens with zero attached hydrogens (tertiary/aromatic N) is 4. The predicted molar refractivity (Wildman–Crippen MR) is 123 cm³/mol. The van der Waals surface area contributed by atoms with Gasteiger partial charge >= 0.3 is 0 Å². The molecule has 0 saturated heterocycles. The van der Waals surface area contributed by atoms with Crippen LogP contribution in [-0.2, 0) is 0 Å². The molecule has 0 spiro atoms. The van der Waals surface area contributed by atoms with Crippen LogP contribution in [0.3, 0.4) is 0 Å². The Bertz CT molecular complexity index is 1120. The summed E-state index contributed by atoms with van der Waals surface area (Å²) in [6, 6.07) is 11.4. The summed E-state index contributed by atoms with van der Waals surface area (Å²) >= 11 is 3.41. The van der Waals surface area contributed by atoms with E-state index in [2.05, 4.69) is 32.9 Å². The third-order valence-corrected chi connectivity index (χ3v) is 5.19. The largest absolute Gasteiger partial charge is 0.490 e. The van der Waals surface area contributed by atoms with Crippen molar-refractivity contribution in [3.05, 3.63) is 62.6 Å². The molecule has 0 amide bonds. The fraction of sp³-hybridized carbons (Fsp3) is 0.318. The fourth-order valence-corrected chi connectivity index (χ4v) is 3.19. The van der Waals surface area contributed by atoms with Crippen molar-refractivity contribution in [2.24, 2.45) is 5.10 Å². The quantitative estimate of drug-likeness (QED) is 0.508. The Morgan fingerprint density at radius 2 is 2.03 bits per heavy atom. The lowest BCUT2D eigenvalue weighted by Gasteiger charge is -2.18. The van der Waals surface area contributed by atoms with Crippen molar-refractivity contribution in [1.29, 1.82) is 0 Å². The number of benzene rings is 2. The third kappa shape index (κ3) is 4.67. The summed E-state index contributed by atoms with van der Waals surface area (Å²) < 4.78 is 8.24. The molecule has 29 heavy (non-hydrogen) atoms. The molecule has 0 N–H and O–H groups in total. The Morgan fingerprint density at radius 3 is 2.72 bits per heavy atom. The molecule has 1 atom stereocenters. The van der Waals surface area contributed by atoms with Crippen LogP contribution in [0.4, 0.5) is 5.69 Å². The lowest BCUT2D eigenvalue weighted by Crippen LogP contribution is -2.20. The highest BCUT2D eigenvalue weighted by Crippen LogP contribution is 2.25. The molecule has 0 bridgehead atoms. The molecule has 0 radical (unpaired) electrons. The Kier molecular flexibility index (Phi) is 6.37. The van der Waals surface area contributed by atoms with Crippen LogP contribution >= 0.6 is 15.9 Å². The number of aromatic nitrogens is 2. The zero-order valence-electron chi connectivity index (χ0n) is 17.3. The summed E-state index contributed by atoms with van der Waals surface area (Å²) in [4.78, 5) is 19.4. The second kappa shape index (κ2) is 8.78. The Balaban J connectivity index is 2.06. The molecule has 1 aromatic heterocycles. The van der Waals surface area contributed by atoms with Crippen LogP contribution in [-0.4, -0.2) is 36.1 Å². The third-order valence-electron chi connectivity index (χ3n) is 4.70. The van der Waals surface area contributed by atoms with Gasteiger partial charge in [-0.25, -0.2) is 4.98 Å². The number of hydrogen-bond donors (Lipinski definition) is 0. The molecule has 1 heterocycles. The van der Waals surface area contributed by atoms with Gasteiger partial charge in [0.05, 0.1) is 23.2 Å². The Morgan fingerprint density at radius 1 is 1.28 bits per heavy atom. The van der Waals surface area contributed by atoms with E-state index in [4.69, 9.17) is 4.74 Å². The molecule has 3 rings (SSSR count). The van der Waals surface area contributed by atoms with Crippen LogP contribution in [0.5, 0.6) is 5.75 Å². The highest BCUT2D eigenvalue weighted by Gasteiger charge is 2.11. The molecule has 6 nitrogen and oxygen atoms in total. The molecular weight excluding hydrogens is 432 g/mol. The number of ether oxygens (including phenoxy) is 1. The summed E-state index contributed by atoms with van der Waals surface area (Å²) in [5.74, 6) is 1.26. The molecule has 0 aliphatic carbocycles. The zero-order valence-corrected chi connectivity index (χ0v) is 18.9. The van der Waals surface area contributed by atoms with Gasteiger partial charge in [-0.2, -0.15) is 9.78 Å². The lowest BCUT2D eigenvalue weighted by molar-refractivity contribution is 0.217. The molecule has 152 valence electrons. The minimum atomic E-state index is -0.209. The van der Waals surface area contributed by atoms with Gasteiger partial charge in [-0.3, -0.25) is 4.79 Å². The summed E-state index contributed by atoms with van der Waals surface area (Å²) in [5, 5.41) is 4.95. The van der Waals surface area contributed by atoms with E-state index in [-0.39, 0.29) is 11.7 Å². The van der Waals surface area contributed by atoms with Crippen LogP contribution in [0.2, 0.25) is 0 Å². The van der Waals surface area contributed by atoms with E-state index in [1.54, 1.807) is 19.2 Å². The summed E-state index contributed by atoms with van der Waals surface area (Å²) in [6.07, 6.45) is 2.62. The average molecular weight is 457 g/mol. The smallest absolute Gasteiger partial charge is 0.282 e. The summed E-state index contributed by atoms with van der Waals surface area (Å²) in [7, 11) is 3.97. The number of rotatable bonds is 6. The number of anilines is 1.